The Kier molecular flexibility index (Phi) is 11.2. The standard InChI is InChI=1S/C42H40FN5O7/c1-51-38-19-29(6-11-37(38)55-24-33-23-53-16-17-54-33)30-18-34(40(45)46-20-30)27-4-9-32(10-5-27)47-41(50)36-22-48(26-42(25-44)12-14-52-15-13-42)21-35(39(36)49)28-2-7-31(43)8-3-28/h2-11,18-22,33H,12-17,23-24,26H2,1H3,(H2,45,46)(H,47,50)/t33-/m1/s1. The Morgan fingerprint density at radius 1 is 0.945 bits per heavy atom. The summed E-state index contributed by atoms with van der Waals surface area (Å²) in [5.74, 6) is 0.370. The monoisotopic (exact) mass is 745 g/mol. The summed E-state index contributed by atoms with van der Waals surface area (Å²) in [4.78, 5) is 32.0. The number of aromatic nitrogens is 2. The summed E-state index contributed by atoms with van der Waals surface area (Å²) in [5, 5.41) is 12.9. The van der Waals surface area contributed by atoms with Crippen molar-refractivity contribution in [1.82, 2.24) is 9.55 Å². The van der Waals surface area contributed by atoms with Gasteiger partial charge in [0.2, 0.25) is 5.43 Å². The van der Waals surface area contributed by atoms with Gasteiger partial charge >= 0.3 is 0 Å². The molecule has 2 aliphatic rings. The molecule has 0 unspecified atom stereocenters. The van der Waals surface area contributed by atoms with Gasteiger partial charge in [-0.3, -0.25) is 9.59 Å². The Morgan fingerprint density at radius 3 is 2.38 bits per heavy atom. The summed E-state index contributed by atoms with van der Waals surface area (Å²) in [6.45, 7) is 3.06. The van der Waals surface area contributed by atoms with Crippen LogP contribution in [0.15, 0.2) is 96.2 Å². The highest BCUT2D eigenvalue weighted by Crippen LogP contribution is 2.36. The van der Waals surface area contributed by atoms with Crippen molar-refractivity contribution in [2.24, 2.45) is 5.41 Å². The van der Waals surface area contributed by atoms with Gasteiger partial charge in [-0.15, -0.1) is 0 Å². The number of carbonyl (C=O) groups is 1. The second-order valence-corrected chi connectivity index (χ2v) is 13.5. The first-order valence-corrected chi connectivity index (χ1v) is 17.9. The normalized spacial score (nSPS) is 16.5. The summed E-state index contributed by atoms with van der Waals surface area (Å²) in [5.41, 5.74) is 9.16. The van der Waals surface area contributed by atoms with Crippen molar-refractivity contribution in [3.8, 4) is 50.9 Å². The van der Waals surface area contributed by atoms with Crippen molar-refractivity contribution in [2.75, 3.05) is 57.8 Å². The molecule has 282 valence electrons. The van der Waals surface area contributed by atoms with E-state index in [0.717, 1.165) is 16.7 Å². The highest BCUT2D eigenvalue weighted by molar-refractivity contribution is 6.04. The third kappa shape index (κ3) is 8.52. The molecule has 1 atom stereocenters. The first-order chi connectivity index (χ1) is 26.7. The SMILES string of the molecule is COc1cc(-c2cnc(N)c(-c3ccc(NC(=O)c4cn(CC5(C#N)CCOCC5)cc(-c5ccc(F)cc5)c4=O)cc3)c2)ccc1OC[C@H]1COCCO1. The van der Waals surface area contributed by atoms with E-state index in [1.807, 2.05) is 24.3 Å². The van der Waals surface area contributed by atoms with E-state index in [0.29, 0.717) is 86.6 Å². The van der Waals surface area contributed by atoms with Gasteiger partial charge < -0.3 is 39.3 Å². The molecule has 0 bridgehead atoms. The molecule has 2 fully saturated rings. The van der Waals surface area contributed by atoms with Crippen LogP contribution < -0.4 is 26.0 Å². The van der Waals surface area contributed by atoms with Crippen LogP contribution in [-0.4, -0.2) is 68.3 Å². The van der Waals surface area contributed by atoms with Crippen LogP contribution in [-0.2, 0) is 20.8 Å². The smallest absolute Gasteiger partial charge is 0.261 e. The number of hydrogen-bond donors (Lipinski definition) is 2. The zero-order chi connectivity index (χ0) is 38.4. The highest BCUT2D eigenvalue weighted by Gasteiger charge is 2.33. The molecule has 0 spiro atoms. The third-order valence-electron chi connectivity index (χ3n) is 9.83. The number of benzene rings is 3. The van der Waals surface area contributed by atoms with Crippen molar-refractivity contribution >= 4 is 17.4 Å². The number of anilines is 2. The number of halogens is 1. The maximum absolute atomic E-state index is 13.8. The predicted molar refractivity (Wildman–Crippen MR) is 204 cm³/mol. The molecular weight excluding hydrogens is 705 g/mol. The fourth-order valence-electron chi connectivity index (χ4n) is 6.71. The number of nitrogen functional groups attached to an aromatic ring is 1. The lowest BCUT2D eigenvalue weighted by molar-refractivity contribution is -0.101. The summed E-state index contributed by atoms with van der Waals surface area (Å²) in [6.07, 6.45) is 5.65. The largest absolute Gasteiger partial charge is 0.493 e. The molecular formula is C42H40FN5O7. The Bertz CT molecular complexity index is 2260. The van der Waals surface area contributed by atoms with Crippen LogP contribution in [0.25, 0.3) is 33.4 Å². The van der Waals surface area contributed by atoms with Crippen molar-refractivity contribution in [2.45, 2.75) is 25.5 Å². The molecule has 12 nitrogen and oxygen atoms in total. The van der Waals surface area contributed by atoms with Gasteiger partial charge in [-0.25, -0.2) is 9.37 Å². The summed E-state index contributed by atoms with van der Waals surface area (Å²) in [6, 6.07) is 22.5. The molecule has 3 N–H and O–H groups in total. The van der Waals surface area contributed by atoms with Gasteiger partial charge in [0.1, 0.15) is 29.9 Å². The fourth-order valence-corrected chi connectivity index (χ4v) is 6.71. The quantitative estimate of drug-likeness (QED) is 0.156. The van der Waals surface area contributed by atoms with Crippen LogP contribution in [0, 0.1) is 22.6 Å². The number of pyridine rings is 2. The molecule has 13 heteroatoms. The van der Waals surface area contributed by atoms with Crippen LogP contribution in [0.3, 0.4) is 0 Å². The lowest BCUT2D eigenvalue weighted by atomic mass is 9.81. The fraction of sp³-hybridized carbons (Fsp3) is 0.286. The molecule has 2 aliphatic heterocycles. The summed E-state index contributed by atoms with van der Waals surface area (Å²) in [7, 11) is 1.58. The second-order valence-electron chi connectivity index (χ2n) is 13.5. The first-order valence-electron chi connectivity index (χ1n) is 17.9. The number of nitrogens with zero attached hydrogens (tertiary/aromatic N) is 3. The average Bonchev–Trinajstić information content (AvgIpc) is 3.22. The van der Waals surface area contributed by atoms with E-state index < -0.39 is 22.6 Å². The van der Waals surface area contributed by atoms with Crippen molar-refractivity contribution in [1.29, 1.82) is 5.26 Å². The topological polar surface area (TPSA) is 160 Å². The molecule has 3 aromatic carbocycles. The van der Waals surface area contributed by atoms with Gasteiger partial charge in [-0.05, 0) is 72.0 Å². The molecule has 0 saturated carbocycles. The number of rotatable bonds is 11. The zero-order valence-electron chi connectivity index (χ0n) is 30.3. The molecule has 7 rings (SSSR count). The minimum absolute atomic E-state index is 0.115. The molecule has 0 aliphatic carbocycles. The van der Waals surface area contributed by atoms with Gasteiger partial charge in [-0.2, -0.15) is 5.26 Å². The van der Waals surface area contributed by atoms with E-state index in [1.54, 1.807) is 48.3 Å². The lowest BCUT2D eigenvalue weighted by Crippen LogP contribution is -2.33. The summed E-state index contributed by atoms with van der Waals surface area (Å²) < 4.78 is 43.7. The number of amides is 1. The molecule has 1 amide bonds. The van der Waals surface area contributed by atoms with Crippen LogP contribution in [0.4, 0.5) is 15.9 Å². The minimum atomic E-state index is -0.727. The van der Waals surface area contributed by atoms with E-state index in [2.05, 4.69) is 16.4 Å². The van der Waals surface area contributed by atoms with E-state index in [9.17, 15) is 19.2 Å². The Hall–Kier alpha value is -6.07. The number of nitrogens with one attached hydrogen (secondary N) is 1. The number of hydrogen-bond acceptors (Lipinski definition) is 10. The molecule has 4 heterocycles. The second kappa shape index (κ2) is 16.5. The van der Waals surface area contributed by atoms with Crippen molar-refractivity contribution < 1.29 is 32.9 Å². The number of nitriles is 1. The Labute approximate surface area is 317 Å². The molecule has 5 aromatic rings. The van der Waals surface area contributed by atoms with Crippen LogP contribution in [0.5, 0.6) is 11.5 Å². The van der Waals surface area contributed by atoms with Gasteiger partial charge in [-0.1, -0.05) is 30.3 Å². The molecule has 2 saturated heterocycles. The van der Waals surface area contributed by atoms with E-state index in [4.69, 9.17) is 29.4 Å². The van der Waals surface area contributed by atoms with Gasteiger partial charge in [0.05, 0.1) is 38.4 Å². The van der Waals surface area contributed by atoms with Gasteiger partial charge in [0.15, 0.2) is 11.5 Å². The predicted octanol–water partition coefficient (Wildman–Crippen LogP) is 6.34. The highest BCUT2D eigenvalue weighted by atomic mass is 19.1. The average molecular weight is 746 g/mol. The van der Waals surface area contributed by atoms with Crippen molar-refractivity contribution in [3.63, 3.8) is 0 Å². The third-order valence-corrected chi connectivity index (χ3v) is 9.83. The van der Waals surface area contributed by atoms with Crippen LogP contribution >= 0.6 is 0 Å². The summed E-state index contributed by atoms with van der Waals surface area (Å²) >= 11 is 0. The van der Waals surface area contributed by atoms with Crippen molar-refractivity contribution in [3.05, 3.63) is 113 Å². The Morgan fingerprint density at radius 2 is 1.67 bits per heavy atom. The lowest BCUT2D eigenvalue weighted by Gasteiger charge is -2.31. The van der Waals surface area contributed by atoms with Gasteiger partial charge in [0.25, 0.3) is 5.91 Å². The molecule has 0 radical (unpaired) electrons. The molecule has 2 aromatic heterocycles. The van der Waals surface area contributed by atoms with Crippen LogP contribution in [0.2, 0.25) is 0 Å². The zero-order valence-corrected chi connectivity index (χ0v) is 30.3. The first kappa shape index (κ1) is 37.3. The number of methoxy groups -OCH3 is 1. The van der Waals surface area contributed by atoms with E-state index in [1.165, 1.54) is 30.5 Å². The van der Waals surface area contributed by atoms with Gasteiger partial charge in [0, 0.05) is 60.7 Å². The number of carbonyl (C=O) groups excluding carboxylic acids is 1. The van der Waals surface area contributed by atoms with E-state index in [-0.39, 0.29) is 23.8 Å². The van der Waals surface area contributed by atoms with Crippen LogP contribution in [0.1, 0.15) is 23.2 Å². The minimum Gasteiger partial charge on any atom is -0.493 e. The number of ether oxygens (including phenoxy) is 5. The van der Waals surface area contributed by atoms with E-state index >= 15 is 0 Å². The molecule has 55 heavy (non-hydrogen) atoms. The Balaban J connectivity index is 1.11. The number of nitrogens with two attached hydrogens (primary N) is 1. The maximum Gasteiger partial charge on any atom is 0.261 e. The maximum atomic E-state index is 13.8.